The molecule has 2 aliphatic heterocycles. The van der Waals surface area contributed by atoms with E-state index in [1.54, 1.807) is 23.7 Å². The number of nitrogens with one attached hydrogen (secondary N) is 1. The molecule has 0 amide bonds. The molecule has 2 aromatic rings. The lowest BCUT2D eigenvalue weighted by Crippen LogP contribution is -2.24. The number of aromatic nitrogens is 3. The molecule has 0 radical (unpaired) electrons. The highest BCUT2D eigenvalue weighted by Crippen LogP contribution is 2.37. The molecule has 8 nitrogen and oxygen atoms in total. The first-order valence-electron chi connectivity index (χ1n) is 6.66. The van der Waals surface area contributed by atoms with Crippen LogP contribution in [-0.2, 0) is 4.79 Å². The Morgan fingerprint density at radius 1 is 1.41 bits per heavy atom. The van der Waals surface area contributed by atoms with Crippen LogP contribution in [0.4, 0.5) is 5.95 Å². The van der Waals surface area contributed by atoms with Crippen LogP contribution in [0.15, 0.2) is 30.0 Å². The molecule has 3 heterocycles. The van der Waals surface area contributed by atoms with Crippen LogP contribution >= 0.6 is 0 Å². The lowest BCUT2D eigenvalue weighted by molar-refractivity contribution is -0.132. The van der Waals surface area contributed by atoms with Crippen LogP contribution in [0.1, 0.15) is 17.4 Å². The van der Waals surface area contributed by atoms with E-state index in [0.717, 1.165) is 5.56 Å². The van der Waals surface area contributed by atoms with Crippen molar-refractivity contribution >= 4 is 11.9 Å². The van der Waals surface area contributed by atoms with Gasteiger partial charge in [0.25, 0.3) is 0 Å². The van der Waals surface area contributed by atoms with E-state index in [-0.39, 0.29) is 18.5 Å². The van der Waals surface area contributed by atoms with Crippen LogP contribution < -0.4 is 14.8 Å². The van der Waals surface area contributed by atoms with Crippen LogP contribution in [0.5, 0.6) is 11.5 Å². The predicted molar refractivity (Wildman–Crippen MR) is 74.8 cm³/mol. The van der Waals surface area contributed by atoms with Gasteiger partial charge in [-0.05, 0) is 30.7 Å². The smallest absolute Gasteiger partial charge is 0.352 e. The minimum absolute atomic E-state index is 0.0718. The molecule has 0 aliphatic carbocycles. The molecule has 4 rings (SSSR count). The van der Waals surface area contributed by atoms with Crippen molar-refractivity contribution in [2.24, 2.45) is 0 Å². The van der Waals surface area contributed by atoms with E-state index >= 15 is 0 Å². The molecule has 22 heavy (non-hydrogen) atoms. The van der Waals surface area contributed by atoms with Crippen molar-refractivity contribution in [3.8, 4) is 11.5 Å². The van der Waals surface area contributed by atoms with Crippen molar-refractivity contribution in [1.29, 1.82) is 0 Å². The van der Waals surface area contributed by atoms with Gasteiger partial charge in [-0.1, -0.05) is 6.07 Å². The second kappa shape index (κ2) is 4.48. The Kier molecular flexibility index (Phi) is 2.59. The lowest BCUT2D eigenvalue weighted by atomic mass is 10.0. The molecule has 0 saturated carbocycles. The summed E-state index contributed by atoms with van der Waals surface area (Å²) in [5.74, 6) is 1.24. The maximum Gasteiger partial charge on any atom is 0.352 e. The third kappa shape index (κ3) is 1.88. The molecule has 1 unspecified atom stereocenters. The highest BCUT2D eigenvalue weighted by atomic mass is 16.7. The van der Waals surface area contributed by atoms with Crippen molar-refractivity contribution < 1.29 is 19.4 Å². The number of anilines is 1. The van der Waals surface area contributed by atoms with Crippen LogP contribution in [-0.4, -0.2) is 32.6 Å². The average molecular weight is 300 g/mol. The molecule has 2 N–H and O–H groups in total. The minimum Gasteiger partial charge on any atom is -0.477 e. The summed E-state index contributed by atoms with van der Waals surface area (Å²) < 4.78 is 12.3. The number of carboxylic acids is 1. The van der Waals surface area contributed by atoms with Crippen LogP contribution in [0.2, 0.25) is 0 Å². The molecule has 0 fully saturated rings. The molecule has 112 valence electrons. The van der Waals surface area contributed by atoms with Crippen molar-refractivity contribution in [1.82, 2.24) is 14.8 Å². The fourth-order valence-corrected chi connectivity index (χ4v) is 2.56. The standard InChI is InChI=1S/C14H12N4O4/c1-7-15-14-16-9(13(19)20)5-10(18(14)17-7)8-2-3-11-12(4-8)22-6-21-11/h2-5,10H,6H2,1H3,(H,19,20)(H,15,16,17). The normalized spacial score (nSPS) is 18.4. The molecule has 0 saturated heterocycles. The summed E-state index contributed by atoms with van der Waals surface area (Å²) in [6.45, 7) is 1.94. The number of hydrogen-bond acceptors (Lipinski definition) is 6. The number of ether oxygens (including phenoxy) is 2. The van der Waals surface area contributed by atoms with Crippen molar-refractivity contribution in [3.05, 3.63) is 41.4 Å². The highest BCUT2D eigenvalue weighted by Gasteiger charge is 2.27. The van der Waals surface area contributed by atoms with Crippen molar-refractivity contribution in [2.75, 3.05) is 12.1 Å². The number of rotatable bonds is 2. The zero-order chi connectivity index (χ0) is 15.3. The summed E-state index contributed by atoms with van der Waals surface area (Å²) in [5.41, 5.74) is 0.915. The minimum atomic E-state index is -1.04. The first kappa shape index (κ1) is 12.7. The number of allylic oxidation sites excluding steroid dienone is 1. The second-order valence-corrected chi connectivity index (χ2v) is 5.00. The van der Waals surface area contributed by atoms with Gasteiger partial charge in [0.05, 0.1) is 0 Å². The number of hydrogen-bond donors (Lipinski definition) is 2. The molecule has 0 spiro atoms. The fourth-order valence-electron chi connectivity index (χ4n) is 2.56. The fraction of sp³-hybridized carbons (Fsp3) is 0.214. The molecule has 1 aromatic carbocycles. The summed E-state index contributed by atoms with van der Waals surface area (Å²) >= 11 is 0. The lowest BCUT2D eigenvalue weighted by Gasteiger charge is -2.22. The first-order chi connectivity index (χ1) is 10.6. The summed E-state index contributed by atoms with van der Waals surface area (Å²) in [5, 5.41) is 16.4. The molecular weight excluding hydrogens is 288 g/mol. The van der Waals surface area contributed by atoms with Gasteiger partial charge < -0.3 is 19.9 Å². The van der Waals surface area contributed by atoms with E-state index in [0.29, 0.717) is 23.3 Å². The number of benzene rings is 1. The van der Waals surface area contributed by atoms with Gasteiger partial charge in [-0.15, -0.1) is 0 Å². The van der Waals surface area contributed by atoms with E-state index < -0.39 is 5.97 Å². The van der Waals surface area contributed by atoms with Crippen LogP contribution in [0.25, 0.3) is 0 Å². The maximum atomic E-state index is 11.3. The second-order valence-electron chi connectivity index (χ2n) is 5.00. The van der Waals surface area contributed by atoms with Gasteiger partial charge in [-0.3, -0.25) is 0 Å². The molecule has 2 aliphatic rings. The number of aliphatic carboxylic acids is 1. The van der Waals surface area contributed by atoms with Gasteiger partial charge in [0.15, 0.2) is 11.5 Å². The van der Waals surface area contributed by atoms with E-state index in [4.69, 9.17) is 9.47 Å². The Morgan fingerprint density at radius 2 is 2.23 bits per heavy atom. The van der Waals surface area contributed by atoms with Crippen molar-refractivity contribution in [2.45, 2.75) is 13.0 Å². The SMILES string of the molecule is Cc1nc2n(n1)C(c1ccc3c(c1)OCO3)C=C(C(=O)O)N2. The third-order valence-corrected chi connectivity index (χ3v) is 3.54. The van der Waals surface area contributed by atoms with Gasteiger partial charge in [0.2, 0.25) is 12.7 Å². The quantitative estimate of drug-likeness (QED) is 0.862. The Morgan fingerprint density at radius 3 is 3.05 bits per heavy atom. The summed E-state index contributed by atoms with van der Waals surface area (Å²) in [7, 11) is 0. The van der Waals surface area contributed by atoms with Gasteiger partial charge in [-0.25, -0.2) is 9.48 Å². The van der Waals surface area contributed by atoms with E-state index in [1.165, 1.54) is 0 Å². The first-order valence-corrected chi connectivity index (χ1v) is 6.66. The highest BCUT2D eigenvalue weighted by molar-refractivity contribution is 5.90. The van der Waals surface area contributed by atoms with E-state index in [9.17, 15) is 9.90 Å². The summed E-state index contributed by atoms with van der Waals surface area (Å²) in [6.07, 6.45) is 1.60. The summed E-state index contributed by atoms with van der Waals surface area (Å²) in [6, 6.07) is 5.12. The molecule has 1 atom stereocenters. The Bertz CT molecular complexity index is 811. The number of carbonyl (C=O) groups is 1. The number of nitrogens with zero attached hydrogens (tertiary/aromatic N) is 3. The monoisotopic (exact) mass is 300 g/mol. The Labute approximate surface area is 125 Å². The van der Waals surface area contributed by atoms with E-state index in [1.807, 2.05) is 12.1 Å². The van der Waals surface area contributed by atoms with Crippen LogP contribution in [0.3, 0.4) is 0 Å². The number of aryl methyl sites for hydroxylation is 1. The zero-order valence-corrected chi connectivity index (χ0v) is 11.6. The van der Waals surface area contributed by atoms with E-state index in [2.05, 4.69) is 15.4 Å². The largest absolute Gasteiger partial charge is 0.477 e. The van der Waals surface area contributed by atoms with Gasteiger partial charge in [0, 0.05) is 0 Å². The average Bonchev–Trinajstić information content (AvgIpc) is 3.09. The maximum absolute atomic E-state index is 11.3. The topological polar surface area (TPSA) is 98.5 Å². The molecule has 8 heteroatoms. The Hall–Kier alpha value is -3.03. The summed E-state index contributed by atoms with van der Waals surface area (Å²) in [4.78, 5) is 15.5. The van der Waals surface area contributed by atoms with Gasteiger partial charge in [0.1, 0.15) is 17.6 Å². The predicted octanol–water partition coefficient (Wildman–Crippen LogP) is 1.30. The molecule has 0 bridgehead atoms. The zero-order valence-electron chi connectivity index (χ0n) is 11.6. The number of carboxylic acid groups (broad SMARTS) is 1. The van der Waals surface area contributed by atoms with Crippen molar-refractivity contribution in [3.63, 3.8) is 0 Å². The third-order valence-electron chi connectivity index (χ3n) is 3.54. The van der Waals surface area contributed by atoms with Gasteiger partial charge >= 0.3 is 5.97 Å². The Balaban J connectivity index is 1.83. The number of fused-ring (bicyclic) bond motifs is 2. The molecule has 1 aromatic heterocycles. The van der Waals surface area contributed by atoms with Gasteiger partial charge in [-0.2, -0.15) is 10.1 Å². The molecular formula is C14H12N4O4. The van der Waals surface area contributed by atoms with Crippen LogP contribution in [0, 0.1) is 6.92 Å².